The molecule has 1 aromatic heterocycles. The van der Waals surface area contributed by atoms with Gasteiger partial charge in [0, 0.05) is 0 Å². The Hall–Kier alpha value is -1.35. The zero-order chi connectivity index (χ0) is 9.68. The summed E-state index contributed by atoms with van der Waals surface area (Å²) < 4.78 is 4.58. The van der Waals surface area contributed by atoms with E-state index in [1.165, 1.54) is 18.4 Å². The molecule has 0 N–H and O–H groups in total. The number of ether oxygens (including phenoxy) is 1. The highest BCUT2D eigenvalue weighted by molar-refractivity contribution is 7.12. The second kappa shape index (κ2) is 4.62. The smallest absolute Gasteiger partial charge is 0.348 e. The molecule has 0 aliphatic carbocycles. The Bertz CT molecular complexity index is 336. The van der Waals surface area contributed by atoms with Crippen LogP contribution in [0, 0.1) is 0 Å². The van der Waals surface area contributed by atoms with Crippen LogP contribution in [0.2, 0.25) is 0 Å². The lowest BCUT2D eigenvalue weighted by molar-refractivity contribution is 0.0606. The number of esters is 1. The van der Waals surface area contributed by atoms with Crippen molar-refractivity contribution < 1.29 is 9.53 Å². The lowest BCUT2D eigenvalue weighted by atomic mass is 10.3. The summed E-state index contributed by atoms with van der Waals surface area (Å²) >= 11 is 1.37. The third-order valence-electron chi connectivity index (χ3n) is 1.43. The minimum Gasteiger partial charge on any atom is -0.465 e. The molecule has 0 aliphatic heterocycles. The second-order valence-corrected chi connectivity index (χ2v) is 3.24. The van der Waals surface area contributed by atoms with Crippen molar-refractivity contribution in [2.24, 2.45) is 0 Å². The van der Waals surface area contributed by atoms with E-state index in [2.05, 4.69) is 11.3 Å². The third kappa shape index (κ3) is 2.56. The summed E-state index contributed by atoms with van der Waals surface area (Å²) in [5.41, 5.74) is 0.991. The molecule has 0 amide bonds. The van der Waals surface area contributed by atoms with E-state index in [0.29, 0.717) is 4.88 Å². The van der Waals surface area contributed by atoms with E-state index in [1.54, 1.807) is 12.1 Å². The maximum atomic E-state index is 11.0. The van der Waals surface area contributed by atoms with Gasteiger partial charge in [-0.1, -0.05) is 24.8 Å². The highest BCUT2D eigenvalue weighted by atomic mass is 32.1. The molecular formula is C10H10O2S. The molecular weight excluding hydrogens is 184 g/mol. The first-order chi connectivity index (χ1) is 6.27. The lowest BCUT2D eigenvalue weighted by Gasteiger charge is -1.90. The molecule has 0 aliphatic rings. The average Bonchev–Trinajstić information content (AvgIpc) is 2.62. The number of allylic oxidation sites excluding steroid dienone is 2. The monoisotopic (exact) mass is 194 g/mol. The normalized spacial score (nSPS) is 10.2. The van der Waals surface area contributed by atoms with Crippen molar-refractivity contribution in [2.75, 3.05) is 7.11 Å². The Kier molecular flexibility index (Phi) is 3.46. The molecule has 0 saturated carbocycles. The number of hydrogen-bond donors (Lipinski definition) is 0. The summed E-state index contributed by atoms with van der Waals surface area (Å²) in [5, 5.41) is 1.90. The van der Waals surface area contributed by atoms with Gasteiger partial charge in [-0.25, -0.2) is 4.79 Å². The van der Waals surface area contributed by atoms with Crippen LogP contribution in [0.4, 0.5) is 0 Å². The van der Waals surface area contributed by atoms with Crippen molar-refractivity contribution >= 4 is 23.4 Å². The third-order valence-corrected chi connectivity index (χ3v) is 2.36. The van der Waals surface area contributed by atoms with Crippen LogP contribution in [0.15, 0.2) is 30.2 Å². The molecule has 0 atom stereocenters. The van der Waals surface area contributed by atoms with Crippen molar-refractivity contribution in [3.05, 3.63) is 40.6 Å². The highest BCUT2D eigenvalue weighted by Crippen LogP contribution is 2.16. The van der Waals surface area contributed by atoms with E-state index in [1.807, 2.05) is 17.5 Å². The standard InChI is InChI=1S/C10H10O2S/c1-3-4-5-8-6-9(13-7-8)10(11)12-2/h3-7H,1H2,2H3/b5-4+. The fraction of sp³-hybridized carbons (Fsp3) is 0.100. The molecule has 3 heteroatoms. The van der Waals surface area contributed by atoms with Crippen molar-refractivity contribution in [1.82, 2.24) is 0 Å². The van der Waals surface area contributed by atoms with Crippen LogP contribution in [0.5, 0.6) is 0 Å². The van der Waals surface area contributed by atoms with Crippen molar-refractivity contribution in [2.45, 2.75) is 0 Å². The Balaban J connectivity index is 2.80. The summed E-state index contributed by atoms with van der Waals surface area (Å²) in [6.07, 6.45) is 5.40. The maximum absolute atomic E-state index is 11.0. The van der Waals surface area contributed by atoms with Crippen molar-refractivity contribution in [3.63, 3.8) is 0 Å². The first-order valence-electron chi connectivity index (χ1n) is 3.74. The number of carbonyl (C=O) groups is 1. The molecule has 13 heavy (non-hydrogen) atoms. The van der Waals surface area contributed by atoms with Crippen LogP contribution in [0.25, 0.3) is 6.08 Å². The molecule has 0 bridgehead atoms. The zero-order valence-corrected chi connectivity index (χ0v) is 8.14. The Morgan fingerprint density at radius 3 is 3.08 bits per heavy atom. The fourth-order valence-corrected chi connectivity index (χ4v) is 1.62. The molecule has 0 spiro atoms. The van der Waals surface area contributed by atoms with Gasteiger partial charge in [0.15, 0.2) is 0 Å². The summed E-state index contributed by atoms with van der Waals surface area (Å²) in [6.45, 7) is 3.56. The molecule has 0 aromatic carbocycles. The Labute approximate surface area is 81.2 Å². The first-order valence-corrected chi connectivity index (χ1v) is 4.62. The highest BCUT2D eigenvalue weighted by Gasteiger charge is 2.06. The number of methoxy groups -OCH3 is 1. The molecule has 0 fully saturated rings. The first kappa shape index (κ1) is 9.74. The zero-order valence-electron chi connectivity index (χ0n) is 7.32. The molecule has 1 rings (SSSR count). The van der Waals surface area contributed by atoms with Gasteiger partial charge in [-0.15, -0.1) is 11.3 Å². The summed E-state index contributed by atoms with van der Waals surface area (Å²) in [7, 11) is 1.38. The van der Waals surface area contributed by atoms with Crippen LogP contribution in [-0.2, 0) is 4.74 Å². The van der Waals surface area contributed by atoms with E-state index < -0.39 is 0 Å². The predicted molar refractivity (Wildman–Crippen MR) is 54.9 cm³/mol. The summed E-state index contributed by atoms with van der Waals surface area (Å²) in [5.74, 6) is -0.289. The van der Waals surface area contributed by atoms with Gasteiger partial charge in [-0.3, -0.25) is 0 Å². The SMILES string of the molecule is C=C/C=C/c1csc(C(=O)OC)c1. The van der Waals surface area contributed by atoms with E-state index >= 15 is 0 Å². The van der Waals surface area contributed by atoms with Gasteiger partial charge in [-0.05, 0) is 17.0 Å². The number of rotatable bonds is 3. The van der Waals surface area contributed by atoms with Crippen LogP contribution >= 0.6 is 11.3 Å². The van der Waals surface area contributed by atoms with Crippen molar-refractivity contribution in [3.8, 4) is 0 Å². The molecule has 1 heterocycles. The quantitative estimate of drug-likeness (QED) is 0.546. The topological polar surface area (TPSA) is 26.3 Å². The van der Waals surface area contributed by atoms with Gasteiger partial charge < -0.3 is 4.74 Å². The van der Waals surface area contributed by atoms with Gasteiger partial charge in [0.05, 0.1) is 7.11 Å². The van der Waals surface area contributed by atoms with Crippen LogP contribution < -0.4 is 0 Å². The molecule has 1 aromatic rings. The lowest BCUT2D eigenvalue weighted by Crippen LogP contribution is -1.96. The molecule has 2 nitrogen and oxygen atoms in total. The van der Waals surface area contributed by atoms with E-state index in [0.717, 1.165) is 5.56 Å². The van der Waals surface area contributed by atoms with Gasteiger partial charge in [0.25, 0.3) is 0 Å². The fourth-order valence-electron chi connectivity index (χ4n) is 0.825. The van der Waals surface area contributed by atoms with Gasteiger partial charge in [-0.2, -0.15) is 0 Å². The minimum atomic E-state index is -0.289. The minimum absolute atomic E-state index is 0.289. The van der Waals surface area contributed by atoms with Gasteiger partial charge in [0.1, 0.15) is 4.88 Å². The molecule has 68 valence electrons. The van der Waals surface area contributed by atoms with Crippen molar-refractivity contribution in [1.29, 1.82) is 0 Å². The van der Waals surface area contributed by atoms with E-state index in [9.17, 15) is 4.79 Å². The number of carbonyl (C=O) groups excluding carboxylic acids is 1. The van der Waals surface area contributed by atoms with Crippen LogP contribution in [0.3, 0.4) is 0 Å². The number of thiophene rings is 1. The Morgan fingerprint density at radius 1 is 1.69 bits per heavy atom. The number of hydrogen-bond acceptors (Lipinski definition) is 3. The van der Waals surface area contributed by atoms with E-state index in [-0.39, 0.29) is 5.97 Å². The largest absolute Gasteiger partial charge is 0.465 e. The van der Waals surface area contributed by atoms with Gasteiger partial charge in [0.2, 0.25) is 0 Å². The molecule has 0 saturated heterocycles. The van der Waals surface area contributed by atoms with Crippen LogP contribution in [-0.4, -0.2) is 13.1 Å². The predicted octanol–water partition coefficient (Wildman–Crippen LogP) is 2.73. The van der Waals surface area contributed by atoms with Crippen LogP contribution in [0.1, 0.15) is 15.2 Å². The molecule has 0 unspecified atom stereocenters. The maximum Gasteiger partial charge on any atom is 0.348 e. The van der Waals surface area contributed by atoms with Gasteiger partial charge >= 0.3 is 5.97 Å². The molecule has 0 radical (unpaired) electrons. The summed E-state index contributed by atoms with van der Waals surface area (Å²) in [4.78, 5) is 11.7. The van der Waals surface area contributed by atoms with E-state index in [4.69, 9.17) is 0 Å². The average molecular weight is 194 g/mol. The Morgan fingerprint density at radius 2 is 2.46 bits per heavy atom. The summed E-state index contributed by atoms with van der Waals surface area (Å²) in [6, 6.07) is 1.79. The second-order valence-electron chi connectivity index (χ2n) is 2.33.